The van der Waals surface area contributed by atoms with Crippen LogP contribution in [0.25, 0.3) is 10.1 Å². The summed E-state index contributed by atoms with van der Waals surface area (Å²) in [5.41, 5.74) is 1.69. The molecule has 4 saturated heterocycles. The fraction of sp³-hybridized carbons (Fsp3) is 0.619. The molecular formula is C21H28IN5OS. The van der Waals surface area contributed by atoms with Gasteiger partial charge in [-0.05, 0) is 75.0 Å². The molecule has 1 amide bonds. The summed E-state index contributed by atoms with van der Waals surface area (Å²) in [5, 5.41) is 7.81. The number of aromatic nitrogens is 1. The second-order valence-electron chi connectivity index (χ2n) is 8.77. The van der Waals surface area contributed by atoms with Gasteiger partial charge in [-0.3, -0.25) is 4.79 Å². The third kappa shape index (κ3) is 4.13. The maximum absolute atomic E-state index is 12.9. The molecule has 1 aromatic carbocycles. The zero-order valence-corrected chi connectivity index (χ0v) is 19.7. The molecule has 3 atom stereocenters. The number of likely N-dealkylation sites (tertiary alicyclic amines) is 1. The number of anilines is 1. The van der Waals surface area contributed by atoms with E-state index in [1.165, 1.54) is 50.4 Å². The lowest BCUT2D eigenvalue weighted by molar-refractivity contribution is 0.0619. The average Bonchev–Trinajstić information content (AvgIpc) is 3.29. The topological polar surface area (TPSA) is 60.5 Å². The maximum atomic E-state index is 12.9. The summed E-state index contributed by atoms with van der Waals surface area (Å²) in [7, 11) is 2.21. The average molecular weight is 525 g/mol. The van der Waals surface area contributed by atoms with Crippen molar-refractivity contribution in [3.05, 3.63) is 23.9 Å². The van der Waals surface area contributed by atoms with Gasteiger partial charge in [-0.1, -0.05) is 22.6 Å². The van der Waals surface area contributed by atoms with Crippen molar-refractivity contribution in [2.75, 3.05) is 45.1 Å². The van der Waals surface area contributed by atoms with E-state index < -0.39 is 0 Å². The molecule has 5 heterocycles. The van der Waals surface area contributed by atoms with E-state index >= 15 is 0 Å². The van der Waals surface area contributed by atoms with Crippen molar-refractivity contribution in [2.45, 2.75) is 35.3 Å². The number of rotatable bonds is 5. The summed E-state index contributed by atoms with van der Waals surface area (Å²) in [6.45, 7) is 5.47. The maximum Gasteiger partial charge on any atom is 0.271 e. The Morgan fingerprint density at radius 1 is 1.31 bits per heavy atom. The summed E-state index contributed by atoms with van der Waals surface area (Å²) in [5.74, 6) is 0.608. The number of benzene rings is 1. The first-order valence-corrected chi connectivity index (χ1v) is 12.6. The number of carbonyl (C=O) groups is 1. The van der Waals surface area contributed by atoms with Crippen LogP contribution in [0.3, 0.4) is 0 Å². The van der Waals surface area contributed by atoms with E-state index in [0.29, 0.717) is 17.7 Å². The predicted molar refractivity (Wildman–Crippen MR) is 127 cm³/mol. The predicted octanol–water partition coefficient (Wildman–Crippen LogP) is 3.04. The Kier molecular flexibility index (Phi) is 5.70. The highest BCUT2D eigenvalue weighted by Gasteiger charge is 2.35. The molecule has 2 bridgehead atoms. The van der Waals surface area contributed by atoms with E-state index in [-0.39, 0.29) is 11.9 Å². The molecule has 0 radical (unpaired) electrons. The molecule has 6 rings (SSSR count). The van der Waals surface area contributed by atoms with Gasteiger partial charge >= 0.3 is 0 Å². The fourth-order valence-corrected chi connectivity index (χ4v) is 7.08. The zero-order valence-electron chi connectivity index (χ0n) is 16.7. The number of carbonyl (C=O) groups excluding carboxylic acids is 1. The minimum absolute atomic E-state index is 0.0172. The Morgan fingerprint density at radius 2 is 2.14 bits per heavy atom. The van der Waals surface area contributed by atoms with Crippen LogP contribution in [-0.4, -0.2) is 75.9 Å². The largest absolute Gasteiger partial charge is 0.383 e. The van der Waals surface area contributed by atoms with Crippen LogP contribution in [0.4, 0.5) is 5.69 Å². The van der Waals surface area contributed by atoms with Crippen LogP contribution in [0.5, 0.6) is 0 Å². The number of piperidine rings is 3. The van der Waals surface area contributed by atoms with E-state index in [1.807, 2.05) is 6.07 Å². The van der Waals surface area contributed by atoms with Gasteiger partial charge < -0.3 is 20.4 Å². The van der Waals surface area contributed by atoms with Crippen molar-refractivity contribution in [1.82, 2.24) is 19.5 Å². The fourth-order valence-electron chi connectivity index (χ4n) is 5.06. The van der Waals surface area contributed by atoms with Crippen molar-refractivity contribution >= 4 is 55.8 Å². The Hall–Kier alpha value is -0.970. The van der Waals surface area contributed by atoms with Crippen molar-refractivity contribution < 1.29 is 4.79 Å². The number of hydrogen-bond acceptors (Lipinski definition) is 6. The highest BCUT2D eigenvalue weighted by atomic mass is 127. The number of amides is 1. The van der Waals surface area contributed by atoms with Crippen LogP contribution in [0.2, 0.25) is 0 Å². The molecule has 29 heavy (non-hydrogen) atoms. The monoisotopic (exact) mass is 525 g/mol. The van der Waals surface area contributed by atoms with Crippen LogP contribution in [0.15, 0.2) is 18.2 Å². The number of nitrogens with one attached hydrogen (secondary N) is 2. The van der Waals surface area contributed by atoms with Crippen molar-refractivity contribution in [3.8, 4) is 0 Å². The number of nitrogens with zero attached hydrogens (tertiary/aromatic N) is 3. The van der Waals surface area contributed by atoms with Gasteiger partial charge in [-0.15, -0.1) is 0 Å². The third-order valence-corrected chi connectivity index (χ3v) is 8.55. The van der Waals surface area contributed by atoms with Crippen LogP contribution < -0.4 is 10.6 Å². The first kappa shape index (κ1) is 20.0. The molecule has 2 aromatic rings. The van der Waals surface area contributed by atoms with Gasteiger partial charge in [-0.25, -0.2) is 0 Å². The number of hydrogen-bond donors (Lipinski definition) is 2. The molecule has 0 aliphatic carbocycles. The van der Waals surface area contributed by atoms with E-state index in [4.69, 9.17) is 0 Å². The molecule has 8 heteroatoms. The SMILES string of the molecule is CN1C[C@@H](I)C[C@H]1CNc1ccc2c(C(=O)N[C@@H]3CN4CCC3CC4)nsc2c1. The molecule has 6 nitrogen and oxygen atoms in total. The molecule has 0 spiro atoms. The molecule has 4 aliphatic heterocycles. The molecule has 156 valence electrons. The summed E-state index contributed by atoms with van der Waals surface area (Å²) < 4.78 is 6.31. The van der Waals surface area contributed by atoms with Gasteiger partial charge in [0.25, 0.3) is 5.91 Å². The molecule has 1 aromatic heterocycles. The highest BCUT2D eigenvalue weighted by molar-refractivity contribution is 14.1. The second-order valence-corrected chi connectivity index (χ2v) is 11.3. The number of halogens is 1. The Balaban J connectivity index is 1.25. The first-order valence-electron chi connectivity index (χ1n) is 10.6. The minimum Gasteiger partial charge on any atom is -0.383 e. The summed E-state index contributed by atoms with van der Waals surface area (Å²) in [4.78, 5) is 17.8. The van der Waals surface area contributed by atoms with Gasteiger partial charge in [0.15, 0.2) is 0 Å². The van der Waals surface area contributed by atoms with Crippen molar-refractivity contribution in [2.24, 2.45) is 5.92 Å². The standard InChI is InChI=1S/C21H28IN5OS/c1-26-11-14(22)8-16(26)10-23-15-2-3-17-19(9-15)29-25-20(17)21(28)24-18-12-27-6-4-13(18)5-7-27/h2-3,9,13-14,16,18,23H,4-8,10-12H2,1H3,(H,24,28)/t14-,16-,18+/m0/s1. The zero-order chi connectivity index (χ0) is 20.0. The van der Waals surface area contributed by atoms with E-state index in [0.717, 1.165) is 32.8 Å². The van der Waals surface area contributed by atoms with Crippen LogP contribution in [-0.2, 0) is 0 Å². The second kappa shape index (κ2) is 8.28. The van der Waals surface area contributed by atoms with Gasteiger partial charge in [0.1, 0.15) is 5.69 Å². The third-order valence-electron chi connectivity index (χ3n) is 6.84. The Labute approximate surface area is 189 Å². The molecular weight excluding hydrogens is 497 g/mol. The molecule has 2 N–H and O–H groups in total. The van der Waals surface area contributed by atoms with Gasteiger partial charge in [0.2, 0.25) is 0 Å². The smallest absolute Gasteiger partial charge is 0.271 e. The summed E-state index contributed by atoms with van der Waals surface area (Å²) in [6, 6.07) is 7.11. The van der Waals surface area contributed by atoms with Crippen molar-refractivity contribution in [3.63, 3.8) is 0 Å². The summed E-state index contributed by atoms with van der Waals surface area (Å²) >= 11 is 3.97. The highest BCUT2D eigenvalue weighted by Crippen LogP contribution is 2.30. The molecule has 0 unspecified atom stereocenters. The van der Waals surface area contributed by atoms with Gasteiger partial charge in [-0.2, -0.15) is 4.37 Å². The molecule has 4 fully saturated rings. The van der Waals surface area contributed by atoms with Crippen molar-refractivity contribution in [1.29, 1.82) is 0 Å². The minimum atomic E-state index is -0.0172. The van der Waals surface area contributed by atoms with Crippen LogP contribution in [0.1, 0.15) is 29.8 Å². The van der Waals surface area contributed by atoms with Crippen LogP contribution >= 0.6 is 34.1 Å². The van der Waals surface area contributed by atoms with E-state index in [1.54, 1.807) is 0 Å². The lowest BCUT2D eigenvalue weighted by Gasteiger charge is -2.44. The number of fused-ring (bicyclic) bond motifs is 4. The lowest BCUT2D eigenvalue weighted by Crippen LogP contribution is -2.57. The van der Waals surface area contributed by atoms with Gasteiger partial charge in [0, 0.05) is 46.7 Å². The lowest BCUT2D eigenvalue weighted by atomic mass is 9.84. The molecule has 4 aliphatic rings. The molecule has 0 saturated carbocycles. The van der Waals surface area contributed by atoms with Gasteiger partial charge in [0.05, 0.1) is 4.70 Å². The quantitative estimate of drug-likeness (QED) is 0.465. The number of alkyl halides is 1. The van der Waals surface area contributed by atoms with E-state index in [9.17, 15) is 4.79 Å². The normalized spacial score (nSPS) is 32.0. The van der Waals surface area contributed by atoms with E-state index in [2.05, 4.69) is 66.6 Å². The Bertz CT molecular complexity index is 896. The first-order chi connectivity index (χ1) is 14.1. The van der Waals surface area contributed by atoms with Crippen LogP contribution in [0, 0.1) is 5.92 Å². The summed E-state index contributed by atoms with van der Waals surface area (Å²) in [6.07, 6.45) is 3.63. The number of likely N-dealkylation sites (N-methyl/N-ethyl adjacent to an activating group) is 1. The Morgan fingerprint density at radius 3 is 2.83 bits per heavy atom.